The topological polar surface area (TPSA) is 17.8 Å². The summed E-state index contributed by atoms with van der Waals surface area (Å²) in [4.78, 5) is 4.58. The Morgan fingerprint density at radius 1 is 0.760 bits per heavy atom. The molecule has 0 aliphatic heterocycles. The van der Waals surface area contributed by atoms with Gasteiger partial charge in [-0.25, -0.2) is 4.98 Å². The molecule has 25 heavy (non-hydrogen) atoms. The minimum atomic E-state index is -4.39. The second-order valence-electron chi connectivity index (χ2n) is 5.67. The summed E-state index contributed by atoms with van der Waals surface area (Å²) in [6.07, 6.45) is -4.39. The molecule has 5 heteroatoms. The van der Waals surface area contributed by atoms with Gasteiger partial charge in [-0.05, 0) is 36.4 Å². The molecule has 3 aromatic carbocycles. The number of rotatable bonds is 2. The van der Waals surface area contributed by atoms with Gasteiger partial charge in [0.15, 0.2) is 0 Å². The van der Waals surface area contributed by atoms with E-state index in [1.165, 1.54) is 6.07 Å². The quantitative estimate of drug-likeness (QED) is 0.458. The van der Waals surface area contributed by atoms with Gasteiger partial charge in [0.25, 0.3) is 0 Å². The molecule has 0 unspecified atom stereocenters. The summed E-state index contributed by atoms with van der Waals surface area (Å²) in [5, 5.41) is 0. The molecule has 4 aromatic rings. The monoisotopic (exact) mass is 338 g/mol. The summed E-state index contributed by atoms with van der Waals surface area (Å²) < 4.78 is 41.1. The van der Waals surface area contributed by atoms with E-state index in [0.29, 0.717) is 11.4 Å². The lowest BCUT2D eigenvalue weighted by atomic mass is 10.1. The highest BCUT2D eigenvalue weighted by molar-refractivity contribution is 5.83. The molecular weight excluding hydrogens is 325 g/mol. The third-order valence-electron chi connectivity index (χ3n) is 4.02. The van der Waals surface area contributed by atoms with E-state index in [0.717, 1.165) is 28.9 Å². The highest BCUT2D eigenvalue weighted by Crippen LogP contribution is 2.34. The van der Waals surface area contributed by atoms with Crippen LogP contribution >= 0.6 is 0 Å². The fraction of sp³-hybridized carbons (Fsp3) is 0.0500. The molecule has 0 spiro atoms. The number of hydrogen-bond acceptors (Lipinski definition) is 1. The predicted molar refractivity (Wildman–Crippen MR) is 91.5 cm³/mol. The van der Waals surface area contributed by atoms with E-state index in [1.54, 1.807) is 6.07 Å². The number of benzene rings is 3. The van der Waals surface area contributed by atoms with E-state index in [-0.39, 0.29) is 0 Å². The van der Waals surface area contributed by atoms with Gasteiger partial charge in [0.1, 0.15) is 5.82 Å². The van der Waals surface area contributed by atoms with Gasteiger partial charge in [0.2, 0.25) is 0 Å². The lowest BCUT2D eigenvalue weighted by molar-refractivity contribution is -0.137. The molecule has 2 nitrogen and oxygen atoms in total. The Morgan fingerprint density at radius 2 is 1.48 bits per heavy atom. The van der Waals surface area contributed by atoms with E-state index in [9.17, 15) is 13.2 Å². The number of halogens is 3. The maximum absolute atomic E-state index is 13.1. The molecule has 0 saturated carbocycles. The molecule has 0 aliphatic rings. The van der Waals surface area contributed by atoms with E-state index in [4.69, 9.17) is 0 Å². The van der Waals surface area contributed by atoms with Crippen molar-refractivity contribution in [3.05, 3.63) is 84.4 Å². The van der Waals surface area contributed by atoms with Gasteiger partial charge in [-0.1, -0.05) is 42.5 Å². The SMILES string of the molecule is FC(F)(F)c1cccc(-c2nc3ccccc3n2-c2ccccc2)c1. The highest BCUT2D eigenvalue weighted by atomic mass is 19.4. The van der Waals surface area contributed by atoms with Crippen LogP contribution in [0.15, 0.2) is 78.9 Å². The molecule has 0 atom stereocenters. The summed E-state index contributed by atoms with van der Waals surface area (Å²) in [7, 11) is 0. The molecule has 124 valence electrons. The van der Waals surface area contributed by atoms with Crippen LogP contribution in [-0.4, -0.2) is 9.55 Å². The smallest absolute Gasteiger partial charge is 0.292 e. The van der Waals surface area contributed by atoms with Crippen molar-refractivity contribution in [1.82, 2.24) is 9.55 Å². The van der Waals surface area contributed by atoms with E-state index in [2.05, 4.69) is 4.98 Å². The first-order chi connectivity index (χ1) is 12.0. The van der Waals surface area contributed by atoms with Gasteiger partial charge in [0, 0.05) is 11.3 Å². The van der Waals surface area contributed by atoms with Crippen LogP contribution in [0.1, 0.15) is 5.56 Å². The van der Waals surface area contributed by atoms with E-state index in [1.807, 2.05) is 59.2 Å². The first kappa shape index (κ1) is 15.4. The maximum atomic E-state index is 13.1. The molecule has 0 fully saturated rings. The third kappa shape index (κ3) is 2.78. The number of alkyl halides is 3. The third-order valence-corrected chi connectivity index (χ3v) is 4.02. The molecular formula is C20H13F3N2. The molecule has 1 heterocycles. The van der Waals surface area contributed by atoms with Crippen LogP contribution in [-0.2, 0) is 6.18 Å². The zero-order valence-electron chi connectivity index (χ0n) is 13.0. The van der Waals surface area contributed by atoms with Gasteiger partial charge in [-0.3, -0.25) is 4.57 Å². The van der Waals surface area contributed by atoms with Crippen molar-refractivity contribution in [1.29, 1.82) is 0 Å². The first-order valence-corrected chi connectivity index (χ1v) is 7.74. The number of imidazole rings is 1. The summed E-state index contributed by atoms with van der Waals surface area (Å²) in [5.41, 5.74) is 2.18. The van der Waals surface area contributed by atoms with Crippen LogP contribution in [0.2, 0.25) is 0 Å². The lowest BCUT2D eigenvalue weighted by Gasteiger charge is -2.11. The van der Waals surface area contributed by atoms with Gasteiger partial charge in [-0.15, -0.1) is 0 Å². The minimum Gasteiger partial charge on any atom is -0.292 e. The summed E-state index contributed by atoms with van der Waals surface area (Å²) in [5.74, 6) is 0.485. The summed E-state index contributed by atoms with van der Waals surface area (Å²) in [6.45, 7) is 0. The van der Waals surface area contributed by atoms with Crippen molar-refractivity contribution in [2.24, 2.45) is 0 Å². The van der Waals surface area contributed by atoms with Crippen molar-refractivity contribution >= 4 is 11.0 Å². The minimum absolute atomic E-state index is 0.426. The Balaban J connectivity index is 2.00. The standard InChI is InChI=1S/C20H13F3N2/c21-20(22,23)15-8-6-7-14(13-15)19-24-17-11-4-5-12-18(17)25(19)16-9-2-1-3-10-16/h1-13H. The van der Waals surface area contributed by atoms with Crippen LogP contribution < -0.4 is 0 Å². The zero-order chi connectivity index (χ0) is 17.4. The number of fused-ring (bicyclic) bond motifs is 1. The van der Waals surface area contributed by atoms with Crippen molar-refractivity contribution < 1.29 is 13.2 Å². The van der Waals surface area contributed by atoms with Crippen molar-refractivity contribution in [2.45, 2.75) is 6.18 Å². The Bertz CT molecular complexity index is 1030. The zero-order valence-corrected chi connectivity index (χ0v) is 13.0. The molecule has 0 amide bonds. The van der Waals surface area contributed by atoms with Crippen LogP contribution in [0.25, 0.3) is 28.1 Å². The van der Waals surface area contributed by atoms with Crippen molar-refractivity contribution in [2.75, 3.05) is 0 Å². The number of aromatic nitrogens is 2. The summed E-state index contributed by atoms with van der Waals surface area (Å²) in [6, 6.07) is 22.3. The van der Waals surface area contributed by atoms with E-state index < -0.39 is 11.7 Å². The van der Waals surface area contributed by atoms with Crippen LogP contribution in [0, 0.1) is 0 Å². The number of para-hydroxylation sites is 3. The Hall–Kier alpha value is -3.08. The molecule has 4 rings (SSSR count). The number of nitrogens with zero attached hydrogens (tertiary/aromatic N) is 2. The maximum Gasteiger partial charge on any atom is 0.416 e. The lowest BCUT2D eigenvalue weighted by Crippen LogP contribution is -2.05. The Morgan fingerprint density at radius 3 is 2.24 bits per heavy atom. The average molecular weight is 338 g/mol. The van der Waals surface area contributed by atoms with Gasteiger partial charge in [0.05, 0.1) is 16.6 Å². The highest BCUT2D eigenvalue weighted by Gasteiger charge is 2.31. The fourth-order valence-corrected chi connectivity index (χ4v) is 2.89. The van der Waals surface area contributed by atoms with Crippen LogP contribution in [0.3, 0.4) is 0 Å². The van der Waals surface area contributed by atoms with Gasteiger partial charge >= 0.3 is 6.18 Å². The first-order valence-electron chi connectivity index (χ1n) is 7.74. The molecule has 0 aliphatic carbocycles. The largest absolute Gasteiger partial charge is 0.416 e. The summed E-state index contributed by atoms with van der Waals surface area (Å²) >= 11 is 0. The van der Waals surface area contributed by atoms with Crippen molar-refractivity contribution in [3.8, 4) is 17.1 Å². The molecule has 1 aromatic heterocycles. The van der Waals surface area contributed by atoms with E-state index >= 15 is 0 Å². The predicted octanol–water partition coefficient (Wildman–Crippen LogP) is 5.71. The number of hydrogen-bond donors (Lipinski definition) is 0. The fourth-order valence-electron chi connectivity index (χ4n) is 2.89. The molecule has 0 N–H and O–H groups in total. The second kappa shape index (κ2) is 5.77. The van der Waals surface area contributed by atoms with Crippen molar-refractivity contribution in [3.63, 3.8) is 0 Å². The van der Waals surface area contributed by atoms with Gasteiger partial charge < -0.3 is 0 Å². The molecule has 0 saturated heterocycles. The molecule has 0 bridgehead atoms. The van der Waals surface area contributed by atoms with Crippen LogP contribution in [0.4, 0.5) is 13.2 Å². The van der Waals surface area contributed by atoms with Crippen LogP contribution in [0.5, 0.6) is 0 Å². The Kier molecular flexibility index (Phi) is 3.57. The van der Waals surface area contributed by atoms with Gasteiger partial charge in [-0.2, -0.15) is 13.2 Å². The second-order valence-corrected chi connectivity index (χ2v) is 5.67. The Labute approximate surface area is 142 Å². The molecule has 0 radical (unpaired) electrons. The average Bonchev–Trinajstić information content (AvgIpc) is 3.01. The normalized spacial score (nSPS) is 11.8.